The van der Waals surface area contributed by atoms with Gasteiger partial charge in [0.05, 0.1) is 7.11 Å². The number of hydrogen-bond acceptors (Lipinski definition) is 4. The minimum atomic E-state index is -1.26. The maximum absolute atomic E-state index is 10.7. The Morgan fingerprint density at radius 1 is 1.62 bits per heavy atom. The van der Waals surface area contributed by atoms with Crippen LogP contribution in [-0.4, -0.2) is 41.2 Å². The van der Waals surface area contributed by atoms with Gasteiger partial charge < -0.3 is 19.7 Å². The summed E-state index contributed by atoms with van der Waals surface area (Å²) in [7, 11) is 1.49. The molecule has 1 aliphatic heterocycles. The Morgan fingerprint density at radius 3 is 3.06 bits per heavy atom. The summed E-state index contributed by atoms with van der Waals surface area (Å²) in [6.45, 7) is 4.48. The molecule has 0 bridgehead atoms. The molecule has 1 spiro atoms. The van der Waals surface area contributed by atoms with Gasteiger partial charge in [0.15, 0.2) is 0 Å². The van der Waals surface area contributed by atoms with Gasteiger partial charge in [0.2, 0.25) is 0 Å². The van der Waals surface area contributed by atoms with Crippen LogP contribution < -0.4 is 0 Å². The smallest absolute Gasteiger partial charge is 0.143 e. The van der Waals surface area contributed by atoms with E-state index in [1.165, 1.54) is 7.11 Å². The number of aliphatic hydroxyl groups excluding tert-OH is 1. The molecule has 0 amide bonds. The Hall–Kier alpha value is -0.840. The van der Waals surface area contributed by atoms with Crippen molar-refractivity contribution in [2.75, 3.05) is 13.7 Å². The van der Waals surface area contributed by atoms with Crippen molar-refractivity contribution in [1.82, 2.24) is 0 Å². The molecule has 4 atom stereocenters. The van der Waals surface area contributed by atoms with E-state index in [-0.39, 0.29) is 5.92 Å². The number of methoxy groups -OCH3 is 1. The van der Waals surface area contributed by atoms with Gasteiger partial charge in [-0.25, -0.2) is 0 Å². The first kappa shape index (κ1) is 10.3. The summed E-state index contributed by atoms with van der Waals surface area (Å²) in [5.74, 6) is 0.513. The van der Waals surface area contributed by atoms with Crippen LogP contribution >= 0.6 is 0 Å². The van der Waals surface area contributed by atoms with E-state index in [1.807, 2.05) is 0 Å². The fourth-order valence-corrected chi connectivity index (χ4v) is 3.50. The summed E-state index contributed by atoms with van der Waals surface area (Å²) in [4.78, 5) is 0. The topological polar surface area (TPSA) is 58.9 Å². The normalized spacial score (nSPS) is 50.2. The molecular weight excluding hydrogens is 208 g/mol. The minimum Gasteiger partial charge on any atom is -0.498 e. The molecule has 0 aromatic rings. The van der Waals surface area contributed by atoms with Gasteiger partial charge in [-0.3, -0.25) is 0 Å². The lowest BCUT2D eigenvalue weighted by atomic mass is 9.81. The Bertz CT molecular complexity index is 388. The van der Waals surface area contributed by atoms with Gasteiger partial charge in [0.1, 0.15) is 23.1 Å². The predicted octanol–water partition coefficient (Wildman–Crippen LogP) is 0.357. The highest BCUT2D eigenvalue weighted by atomic mass is 16.6. The molecule has 4 nitrogen and oxygen atoms in total. The van der Waals surface area contributed by atoms with Crippen molar-refractivity contribution < 1.29 is 19.7 Å². The third kappa shape index (κ3) is 0.839. The van der Waals surface area contributed by atoms with E-state index < -0.39 is 17.3 Å². The van der Waals surface area contributed by atoms with Crippen molar-refractivity contribution in [3.63, 3.8) is 0 Å². The van der Waals surface area contributed by atoms with Gasteiger partial charge in [-0.1, -0.05) is 6.58 Å². The molecule has 0 radical (unpaired) electrons. The van der Waals surface area contributed by atoms with Crippen molar-refractivity contribution >= 4 is 0 Å². The summed E-state index contributed by atoms with van der Waals surface area (Å²) in [6.07, 6.45) is 2.23. The van der Waals surface area contributed by atoms with Crippen LogP contribution in [0, 0.1) is 5.92 Å². The van der Waals surface area contributed by atoms with Crippen LogP contribution in [0.2, 0.25) is 0 Å². The Kier molecular flexibility index (Phi) is 1.86. The highest BCUT2D eigenvalue weighted by molar-refractivity contribution is 5.47. The van der Waals surface area contributed by atoms with Gasteiger partial charge in [-0.05, 0) is 24.5 Å². The molecule has 2 fully saturated rings. The van der Waals surface area contributed by atoms with E-state index in [2.05, 4.69) is 6.58 Å². The third-order valence-corrected chi connectivity index (χ3v) is 4.30. The monoisotopic (exact) mass is 224 g/mol. The van der Waals surface area contributed by atoms with Crippen molar-refractivity contribution in [3.8, 4) is 0 Å². The first-order chi connectivity index (χ1) is 7.56. The number of rotatable bonds is 1. The second-order valence-corrected chi connectivity index (χ2v) is 4.85. The number of hydrogen-bond donors (Lipinski definition) is 2. The molecule has 1 saturated carbocycles. The van der Waals surface area contributed by atoms with Crippen LogP contribution in [0.15, 0.2) is 24.0 Å². The van der Waals surface area contributed by atoms with Crippen molar-refractivity contribution in [1.29, 1.82) is 0 Å². The first-order valence-corrected chi connectivity index (χ1v) is 5.55. The van der Waals surface area contributed by atoms with Crippen LogP contribution in [0.1, 0.15) is 12.8 Å². The fraction of sp³-hybridized carbons (Fsp3) is 0.667. The molecule has 2 aliphatic carbocycles. The lowest BCUT2D eigenvalue weighted by molar-refractivity contribution is -0.157. The molecule has 4 heteroatoms. The maximum atomic E-state index is 10.7. The van der Waals surface area contributed by atoms with E-state index in [0.717, 1.165) is 6.42 Å². The van der Waals surface area contributed by atoms with Crippen molar-refractivity contribution in [3.05, 3.63) is 24.0 Å². The average molecular weight is 224 g/mol. The summed E-state index contributed by atoms with van der Waals surface area (Å²) in [6, 6.07) is 0. The van der Waals surface area contributed by atoms with E-state index in [1.54, 1.807) is 6.08 Å². The SMILES string of the molecule is C=C1C[C@H]2CCO[C@]23[C@H](O)C(OC)=C[C@]13O. The summed E-state index contributed by atoms with van der Waals surface area (Å²) >= 11 is 0. The molecule has 16 heavy (non-hydrogen) atoms. The molecule has 1 heterocycles. The summed E-state index contributed by atoms with van der Waals surface area (Å²) in [5, 5.41) is 21.0. The lowest BCUT2D eigenvalue weighted by Crippen LogP contribution is -2.56. The lowest BCUT2D eigenvalue weighted by Gasteiger charge is -2.37. The van der Waals surface area contributed by atoms with Crippen LogP contribution in [0.5, 0.6) is 0 Å². The summed E-state index contributed by atoms with van der Waals surface area (Å²) in [5.41, 5.74) is -1.50. The highest BCUT2D eigenvalue weighted by Crippen LogP contribution is 2.60. The largest absolute Gasteiger partial charge is 0.498 e. The molecule has 2 N–H and O–H groups in total. The zero-order valence-electron chi connectivity index (χ0n) is 9.27. The van der Waals surface area contributed by atoms with Crippen LogP contribution in [0.4, 0.5) is 0 Å². The van der Waals surface area contributed by atoms with Gasteiger partial charge in [0.25, 0.3) is 0 Å². The summed E-state index contributed by atoms with van der Waals surface area (Å²) < 4.78 is 10.8. The quantitative estimate of drug-likeness (QED) is 0.631. The van der Waals surface area contributed by atoms with Gasteiger partial charge in [-0.15, -0.1) is 0 Å². The van der Waals surface area contributed by atoms with Crippen LogP contribution in [0.3, 0.4) is 0 Å². The number of ether oxygens (including phenoxy) is 2. The minimum absolute atomic E-state index is 0.129. The predicted molar refractivity (Wildman–Crippen MR) is 56.6 cm³/mol. The molecule has 0 aromatic heterocycles. The zero-order chi connectivity index (χ0) is 11.6. The highest BCUT2D eigenvalue weighted by Gasteiger charge is 2.71. The maximum Gasteiger partial charge on any atom is 0.143 e. The molecule has 0 unspecified atom stereocenters. The second kappa shape index (κ2) is 2.88. The third-order valence-electron chi connectivity index (χ3n) is 4.30. The average Bonchev–Trinajstić information content (AvgIpc) is 2.82. The molecule has 1 saturated heterocycles. The molecular formula is C12H16O4. The van der Waals surface area contributed by atoms with Crippen LogP contribution in [0.25, 0.3) is 0 Å². The first-order valence-electron chi connectivity index (χ1n) is 5.55. The van der Waals surface area contributed by atoms with E-state index >= 15 is 0 Å². The Morgan fingerprint density at radius 2 is 2.38 bits per heavy atom. The van der Waals surface area contributed by atoms with E-state index in [4.69, 9.17) is 9.47 Å². The standard InChI is InChI=1S/C12H16O4/c1-7-5-8-3-4-16-12(8)10(13)9(15-2)6-11(7,12)14/h6,8,10,13-14H,1,3-5H2,2H3/t8-,10-,11+,12+/m1/s1. The van der Waals surface area contributed by atoms with Crippen molar-refractivity contribution in [2.24, 2.45) is 5.92 Å². The van der Waals surface area contributed by atoms with E-state index in [0.29, 0.717) is 24.4 Å². The molecule has 0 aromatic carbocycles. The van der Waals surface area contributed by atoms with Crippen LogP contribution in [-0.2, 0) is 9.47 Å². The fourth-order valence-electron chi connectivity index (χ4n) is 3.50. The van der Waals surface area contributed by atoms with Gasteiger partial charge in [-0.2, -0.15) is 0 Å². The Balaban J connectivity index is 2.15. The van der Waals surface area contributed by atoms with E-state index in [9.17, 15) is 10.2 Å². The number of aliphatic hydroxyl groups is 2. The van der Waals surface area contributed by atoms with Gasteiger partial charge in [0, 0.05) is 12.5 Å². The second-order valence-electron chi connectivity index (χ2n) is 4.85. The molecule has 88 valence electrons. The zero-order valence-corrected chi connectivity index (χ0v) is 9.27. The molecule has 3 rings (SSSR count). The molecule has 3 aliphatic rings. The van der Waals surface area contributed by atoms with Crippen molar-refractivity contribution in [2.45, 2.75) is 30.1 Å². The Labute approximate surface area is 94.2 Å². The van der Waals surface area contributed by atoms with Gasteiger partial charge >= 0.3 is 0 Å².